The third-order valence-corrected chi connectivity index (χ3v) is 4.58. The highest BCUT2D eigenvalue weighted by Gasteiger charge is 2.33. The first-order chi connectivity index (χ1) is 12.0. The normalized spacial score (nSPS) is 16.6. The summed E-state index contributed by atoms with van der Waals surface area (Å²) >= 11 is 0. The molecule has 1 N–H and O–H groups in total. The summed E-state index contributed by atoms with van der Waals surface area (Å²) in [6.45, 7) is 7.36. The topological polar surface area (TPSA) is 30.5 Å². The Morgan fingerprint density at radius 2 is 2.00 bits per heavy atom. The molecule has 0 aliphatic carbocycles. The lowest BCUT2D eigenvalue weighted by Crippen LogP contribution is -2.31. The number of rotatable bonds is 4. The number of nitrogens with one attached hydrogen (secondary N) is 1. The first kappa shape index (κ1) is 16.0. The van der Waals surface area contributed by atoms with Gasteiger partial charge in [0.15, 0.2) is 0 Å². The van der Waals surface area contributed by atoms with E-state index < -0.39 is 0 Å². The van der Waals surface area contributed by atoms with Gasteiger partial charge in [-0.15, -0.1) is 0 Å². The Morgan fingerprint density at radius 1 is 1.20 bits per heavy atom. The van der Waals surface area contributed by atoms with Crippen LogP contribution in [0.5, 0.6) is 5.75 Å². The van der Waals surface area contributed by atoms with Crippen molar-refractivity contribution in [2.45, 2.75) is 39.3 Å². The molecule has 0 radical (unpaired) electrons. The summed E-state index contributed by atoms with van der Waals surface area (Å²) < 4.78 is 25.5. The Labute approximate surface area is 147 Å². The summed E-state index contributed by atoms with van der Waals surface area (Å²) in [5.41, 5.74) is 5.12. The molecule has 2 heterocycles. The highest BCUT2D eigenvalue weighted by molar-refractivity contribution is 5.88. The Hall–Kier alpha value is -2.49. The predicted molar refractivity (Wildman–Crippen MR) is 98.1 cm³/mol. The van der Waals surface area contributed by atoms with E-state index in [0.717, 1.165) is 40.1 Å². The SMILES string of the molecule is CCCOc1cc(F)ccc1-c1ccc2c3c1COC3=CC(C)(C)N2. The van der Waals surface area contributed by atoms with Crippen molar-refractivity contribution in [3.05, 3.63) is 53.4 Å². The summed E-state index contributed by atoms with van der Waals surface area (Å²) in [4.78, 5) is 0. The molecule has 25 heavy (non-hydrogen) atoms. The summed E-state index contributed by atoms with van der Waals surface area (Å²) in [6, 6.07) is 8.88. The van der Waals surface area contributed by atoms with E-state index in [1.165, 1.54) is 12.1 Å². The average molecular weight is 339 g/mol. The second kappa shape index (κ2) is 5.80. The van der Waals surface area contributed by atoms with Gasteiger partial charge in [-0.2, -0.15) is 0 Å². The maximum atomic E-state index is 13.7. The number of hydrogen-bond donors (Lipinski definition) is 1. The van der Waals surface area contributed by atoms with Gasteiger partial charge in [-0.25, -0.2) is 4.39 Å². The molecule has 2 aromatic rings. The van der Waals surface area contributed by atoms with Crippen molar-refractivity contribution in [2.75, 3.05) is 11.9 Å². The first-order valence-electron chi connectivity index (χ1n) is 8.71. The van der Waals surface area contributed by atoms with Crippen LogP contribution < -0.4 is 10.1 Å². The van der Waals surface area contributed by atoms with Crippen molar-refractivity contribution in [1.82, 2.24) is 0 Å². The van der Waals surface area contributed by atoms with E-state index in [9.17, 15) is 4.39 Å². The monoisotopic (exact) mass is 339 g/mol. The summed E-state index contributed by atoms with van der Waals surface area (Å²) in [7, 11) is 0. The van der Waals surface area contributed by atoms with Crippen LogP contribution in [0.1, 0.15) is 38.3 Å². The lowest BCUT2D eigenvalue weighted by atomic mass is 9.89. The number of hydrogen-bond acceptors (Lipinski definition) is 3. The predicted octanol–water partition coefficient (Wildman–Crippen LogP) is 5.36. The minimum Gasteiger partial charge on any atom is -0.493 e. The maximum Gasteiger partial charge on any atom is 0.130 e. The molecular weight excluding hydrogens is 317 g/mol. The Bertz CT molecular complexity index is 870. The van der Waals surface area contributed by atoms with Crippen LogP contribution in [0, 0.1) is 5.82 Å². The zero-order valence-corrected chi connectivity index (χ0v) is 14.8. The average Bonchev–Trinajstić information content (AvgIpc) is 2.97. The molecule has 0 fully saturated rings. The minimum atomic E-state index is -0.288. The maximum absolute atomic E-state index is 13.7. The molecule has 0 bridgehead atoms. The molecule has 0 unspecified atom stereocenters. The second-order valence-corrected chi connectivity index (χ2v) is 7.15. The zero-order valence-electron chi connectivity index (χ0n) is 14.8. The molecule has 4 rings (SSSR count). The Morgan fingerprint density at radius 3 is 2.80 bits per heavy atom. The van der Waals surface area contributed by atoms with E-state index in [-0.39, 0.29) is 11.4 Å². The van der Waals surface area contributed by atoms with Gasteiger partial charge in [0.1, 0.15) is 23.9 Å². The fourth-order valence-electron chi connectivity index (χ4n) is 3.53. The molecule has 0 atom stereocenters. The van der Waals surface area contributed by atoms with Crippen molar-refractivity contribution in [3.63, 3.8) is 0 Å². The van der Waals surface area contributed by atoms with Crippen molar-refractivity contribution in [2.24, 2.45) is 0 Å². The van der Waals surface area contributed by atoms with Gasteiger partial charge in [0.05, 0.1) is 12.1 Å². The van der Waals surface area contributed by atoms with Gasteiger partial charge in [-0.1, -0.05) is 13.0 Å². The number of ether oxygens (including phenoxy) is 2. The van der Waals surface area contributed by atoms with Crippen molar-refractivity contribution in [1.29, 1.82) is 0 Å². The summed E-state index contributed by atoms with van der Waals surface area (Å²) in [5.74, 6) is 1.22. The summed E-state index contributed by atoms with van der Waals surface area (Å²) in [5, 5.41) is 3.54. The van der Waals surface area contributed by atoms with E-state index in [1.54, 1.807) is 6.07 Å². The zero-order chi connectivity index (χ0) is 17.6. The van der Waals surface area contributed by atoms with Crippen LogP contribution in [0.25, 0.3) is 16.9 Å². The van der Waals surface area contributed by atoms with Crippen LogP contribution in [0.2, 0.25) is 0 Å². The molecule has 0 spiro atoms. The van der Waals surface area contributed by atoms with Crippen LogP contribution in [0.15, 0.2) is 36.4 Å². The lowest BCUT2D eigenvalue weighted by Gasteiger charge is -2.30. The lowest BCUT2D eigenvalue weighted by molar-refractivity contribution is 0.283. The third-order valence-electron chi connectivity index (χ3n) is 4.58. The van der Waals surface area contributed by atoms with Crippen LogP contribution in [0.4, 0.5) is 10.1 Å². The molecule has 0 amide bonds. The molecule has 2 aliphatic rings. The summed E-state index contributed by atoms with van der Waals surface area (Å²) in [6.07, 6.45) is 3.00. The fraction of sp³-hybridized carbons (Fsp3) is 0.333. The van der Waals surface area contributed by atoms with Gasteiger partial charge < -0.3 is 14.8 Å². The van der Waals surface area contributed by atoms with Gasteiger partial charge in [-0.3, -0.25) is 0 Å². The highest BCUT2D eigenvalue weighted by atomic mass is 19.1. The molecule has 0 saturated heterocycles. The van der Waals surface area contributed by atoms with Gasteiger partial charge >= 0.3 is 0 Å². The fourth-order valence-corrected chi connectivity index (χ4v) is 3.53. The molecule has 2 aromatic carbocycles. The van der Waals surface area contributed by atoms with E-state index in [1.807, 2.05) is 6.92 Å². The van der Waals surface area contributed by atoms with E-state index >= 15 is 0 Å². The van der Waals surface area contributed by atoms with Crippen LogP contribution in [0.3, 0.4) is 0 Å². The van der Waals surface area contributed by atoms with E-state index in [2.05, 4.69) is 37.4 Å². The smallest absolute Gasteiger partial charge is 0.130 e. The number of halogens is 1. The van der Waals surface area contributed by atoms with Gasteiger partial charge in [0, 0.05) is 28.4 Å². The molecule has 130 valence electrons. The van der Waals surface area contributed by atoms with Crippen LogP contribution >= 0.6 is 0 Å². The molecular formula is C21H22FNO2. The van der Waals surface area contributed by atoms with Gasteiger partial charge in [0.2, 0.25) is 0 Å². The third kappa shape index (κ3) is 2.76. The Kier molecular flexibility index (Phi) is 3.71. The Balaban J connectivity index is 1.85. The number of benzene rings is 2. The quantitative estimate of drug-likeness (QED) is 0.814. The molecule has 3 nitrogen and oxygen atoms in total. The van der Waals surface area contributed by atoms with Crippen molar-refractivity contribution >= 4 is 11.4 Å². The number of anilines is 1. The second-order valence-electron chi connectivity index (χ2n) is 7.15. The first-order valence-corrected chi connectivity index (χ1v) is 8.71. The van der Waals surface area contributed by atoms with Crippen LogP contribution in [-0.2, 0) is 11.3 Å². The van der Waals surface area contributed by atoms with Crippen LogP contribution in [-0.4, -0.2) is 12.1 Å². The highest BCUT2D eigenvalue weighted by Crippen LogP contribution is 2.46. The molecule has 2 aliphatic heterocycles. The van der Waals surface area contributed by atoms with Gasteiger partial charge in [-0.05, 0) is 50.1 Å². The minimum absolute atomic E-state index is 0.142. The molecule has 0 saturated carbocycles. The molecule has 0 aromatic heterocycles. The van der Waals surface area contributed by atoms with Gasteiger partial charge in [0.25, 0.3) is 0 Å². The van der Waals surface area contributed by atoms with E-state index in [4.69, 9.17) is 9.47 Å². The van der Waals surface area contributed by atoms with Crippen molar-refractivity contribution < 1.29 is 13.9 Å². The van der Waals surface area contributed by atoms with E-state index in [0.29, 0.717) is 19.0 Å². The molecule has 4 heteroatoms. The van der Waals surface area contributed by atoms with Crippen molar-refractivity contribution in [3.8, 4) is 16.9 Å². The largest absolute Gasteiger partial charge is 0.493 e. The standard InChI is InChI=1S/C21H22FNO2/c1-4-9-24-18-10-13(22)5-6-15(18)14-7-8-17-20-16(14)12-25-19(20)11-21(2,3)23-17/h5-8,10-11,23H,4,9,12H2,1-3H3.